The molecule has 0 aliphatic heterocycles. The van der Waals surface area contributed by atoms with Crippen molar-refractivity contribution in [2.24, 2.45) is 0 Å². The molecule has 1 saturated carbocycles. The third kappa shape index (κ3) is 2.19. The highest BCUT2D eigenvalue weighted by molar-refractivity contribution is 7.21. The lowest BCUT2D eigenvalue weighted by Gasteiger charge is -2.20. The minimum Gasteiger partial charge on any atom is -0.397 e. The maximum atomic E-state index is 12.6. The number of fused-ring (bicyclic) bond motifs is 1. The van der Waals surface area contributed by atoms with Gasteiger partial charge in [-0.1, -0.05) is 18.2 Å². The highest BCUT2D eigenvalue weighted by Gasteiger charge is 2.34. The number of carbonyl (C=O) groups excluding carboxylic acids is 1. The molecule has 3 N–H and O–H groups in total. The Bertz CT molecular complexity index is 619. The molecule has 1 heterocycles. The van der Waals surface area contributed by atoms with Crippen molar-refractivity contribution < 1.29 is 9.90 Å². The smallest absolute Gasteiger partial charge is 0.266 e. The molecule has 4 nitrogen and oxygen atoms in total. The standard InChI is InChI=1S/C14H16N2O2S/c15-12-10-3-1-2-4-11(10)19-13(12)14(18)16(7-8-17)9-5-6-9/h1-4,9,17H,5-8,15H2. The van der Waals surface area contributed by atoms with Crippen molar-refractivity contribution >= 4 is 33.0 Å². The van der Waals surface area contributed by atoms with Crippen molar-refractivity contribution in [2.75, 3.05) is 18.9 Å². The molecule has 0 bridgehead atoms. The molecule has 0 unspecified atom stereocenters. The van der Waals surface area contributed by atoms with Gasteiger partial charge in [-0.2, -0.15) is 0 Å². The van der Waals surface area contributed by atoms with Crippen molar-refractivity contribution in [1.82, 2.24) is 4.90 Å². The fraction of sp³-hybridized carbons (Fsp3) is 0.357. The van der Waals surface area contributed by atoms with Gasteiger partial charge in [0.1, 0.15) is 4.88 Å². The van der Waals surface area contributed by atoms with E-state index in [0.717, 1.165) is 22.9 Å². The summed E-state index contributed by atoms with van der Waals surface area (Å²) in [7, 11) is 0. The van der Waals surface area contributed by atoms with Gasteiger partial charge in [-0.15, -0.1) is 11.3 Å². The molecule has 0 saturated heterocycles. The van der Waals surface area contributed by atoms with Crippen LogP contribution in [0, 0.1) is 0 Å². The highest BCUT2D eigenvalue weighted by atomic mass is 32.1. The van der Waals surface area contributed by atoms with Gasteiger partial charge in [-0.25, -0.2) is 0 Å². The summed E-state index contributed by atoms with van der Waals surface area (Å²) in [6.45, 7) is 0.379. The van der Waals surface area contributed by atoms with E-state index in [-0.39, 0.29) is 18.6 Å². The number of nitrogens with two attached hydrogens (primary N) is 1. The fourth-order valence-electron chi connectivity index (χ4n) is 2.30. The monoisotopic (exact) mass is 276 g/mol. The summed E-state index contributed by atoms with van der Waals surface area (Å²) >= 11 is 1.43. The molecule has 1 aliphatic rings. The summed E-state index contributed by atoms with van der Waals surface area (Å²) in [6.07, 6.45) is 2.05. The second-order valence-electron chi connectivity index (χ2n) is 4.79. The van der Waals surface area contributed by atoms with Crippen LogP contribution in [0.15, 0.2) is 24.3 Å². The number of nitrogen functional groups attached to an aromatic ring is 1. The molecule has 1 aliphatic carbocycles. The molecule has 1 fully saturated rings. The second-order valence-corrected chi connectivity index (χ2v) is 5.85. The van der Waals surface area contributed by atoms with Crippen LogP contribution in [-0.4, -0.2) is 35.1 Å². The van der Waals surface area contributed by atoms with Gasteiger partial charge in [0.25, 0.3) is 5.91 Å². The number of nitrogens with zero attached hydrogens (tertiary/aromatic N) is 1. The molecule has 2 aromatic rings. The summed E-state index contributed by atoms with van der Waals surface area (Å²) in [6, 6.07) is 8.06. The maximum absolute atomic E-state index is 12.6. The SMILES string of the molecule is Nc1c(C(=O)N(CCO)C2CC2)sc2ccccc12. The number of anilines is 1. The first-order valence-corrected chi connectivity index (χ1v) is 7.23. The first kappa shape index (κ1) is 12.4. The van der Waals surface area contributed by atoms with Gasteiger partial charge >= 0.3 is 0 Å². The summed E-state index contributed by atoms with van der Waals surface area (Å²) in [5.74, 6) is -0.0461. The average molecular weight is 276 g/mol. The predicted molar refractivity (Wildman–Crippen MR) is 77.4 cm³/mol. The number of rotatable bonds is 4. The molecule has 0 radical (unpaired) electrons. The van der Waals surface area contributed by atoms with Gasteiger partial charge in [0.15, 0.2) is 0 Å². The van der Waals surface area contributed by atoms with E-state index in [9.17, 15) is 4.79 Å². The predicted octanol–water partition coefficient (Wildman–Crippen LogP) is 2.08. The van der Waals surface area contributed by atoms with Crippen molar-refractivity contribution in [2.45, 2.75) is 18.9 Å². The van der Waals surface area contributed by atoms with E-state index in [2.05, 4.69) is 0 Å². The molecule has 100 valence electrons. The van der Waals surface area contributed by atoms with Crippen molar-refractivity contribution in [3.63, 3.8) is 0 Å². The van der Waals surface area contributed by atoms with Crippen molar-refractivity contribution in [1.29, 1.82) is 0 Å². The second kappa shape index (κ2) is 4.83. The van der Waals surface area contributed by atoms with Gasteiger partial charge in [0.05, 0.1) is 12.3 Å². The van der Waals surface area contributed by atoms with Crippen LogP contribution in [0.3, 0.4) is 0 Å². The number of amides is 1. The largest absolute Gasteiger partial charge is 0.397 e. The normalized spacial score (nSPS) is 14.8. The van der Waals surface area contributed by atoms with E-state index in [1.165, 1.54) is 11.3 Å². The zero-order valence-corrected chi connectivity index (χ0v) is 11.3. The van der Waals surface area contributed by atoms with Gasteiger partial charge in [-0.3, -0.25) is 4.79 Å². The van der Waals surface area contributed by atoms with Crippen LogP contribution < -0.4 is 5.73 Å². The molecule has 5 heteroatoms. The molecule has 1 aromatic carbocycles. The zero-order valence-electron chi connectivity index (χ0n) is 10.5. The number of hydrogen-bond donors (Lipinski definition) is 2. The number of aliphatic hydroxyl groups is 1. The van der Waals surface area contributed by atoms with Gasteiger partial charge in [-0.05, 0) is 18.9 Å². The highest BCUT2D eigenvalue weighted by Crippen LogP contribution is 2.36. The summed E-state index contributed by atoms with van der Waals surface area (Å²) in [5, 5.41) is 10.0. The number of thiophene rings is 1. The van der Waals surface area contributed by atoms with E-state index in [0.29, 0.717) is 17.1 Å². The molecular weight excluding hydrogens is 260 g/mol. The minimum absolute atomic E-state index is 0.00690. The first-order chi connectivity index (χ1) is 9.22. The van der Waals surface area contributed by atoms with Crippen molar-refractivity contribution in [3.05, 3.63) is 29.1 Å². The Morgan fingerprint density at radius 2 is 2.16 bits per heavy atom. The van der Waals surface area contributed by atoms with Crippen molar-refractivity contribution in [3.8, 4) is 0 Å². The molecule has 19 heavy (non-hydrogen) atoms. The number of hydrogen-bond acceptors (Lipinski definition) is 4. The van der Waals surface area contributed by atoms with Crippen LogP contribution in [0.4, 0.5) is 5.69 Å². The van der Waals surface area contributed by atoms with Crippen LogP contribution in [-0.2, 0) is 0 Å². The number of aliphatic hydroxyl groups excluding tert-OH is 1. The van der Waals surface area contributed by atoms with Crippen LogP contribution in [0.5, 0.6) is 0 Å². The molecule has 3 rings (SSSR count). The number of carbonyl (C=O) groups is 1. The Kier molecular flexibility index (Phi) is 3.16. The molecule has 1 aromatic heterocycles. The Labute approximate surface area is 115 Å². The zero-order chi connectivity index (χ0) is 13.4. The lowest BCUT2D eigenvalue weighted by Crippen LogP contribution is -2.35. The van der Waals surface area contributed by atoms with Crippen LogP contribution in [0.25, 0.3) is 10.1 Å². The van der Waals surface area contributed by atoms with E-state index < -0.39 is 0 Å². The first-order valence-electron chi connectivity index (χ1n) is 6.41. The Balaban J connectivity index is 1.98. The lowest BCUT2D eigenvalue weighted by atomic mass is 10.2. The van der Waals surface area contributed by atoms with Crippen LogP contribution in [0.1, 0.15) is 22.5 Å². The van der Waals surface area contributed by atoms with Gasteiger partial charge in [0.2, 0.25) is 0 Å². The van der Waals surface area contributed by atoms with E-state index in [1.807, 2.05) is 24.3 Å². The fourth-order valence-corrected chi connectivity index (χ4v) is 3.38. The average Bonchev–Trinajstić information content (AvgIpc) is 3.21. The third-order valence-corrected chi connectivity index (χ3v) is 4.59. The Hall–Kier alpha value is -1.59. The molecular formula is C14H16N2O2S. The van der Waals surface area contributed by atoms with Gasteiger partial charge in [0, 0.05) is 22.7 Å². The van der Waals surface area contributed by atoms with E-state index in [1.54, 1.807) is 4.90 Å². The summed E-state index contributed by atoms with van der Waals surface area (Å²) in [4.78, 5) is 14.9. The molecule has 0 spiro atoms. The third-order valence-electron chi connectivity index (χ3n) is 3.42. The Morgan fingerprint density at radius 1 is 1.42 bits per heavy atom. The lowest BCUT2D eigenvalue weighted by molar-refractivity contribution is 0.0713. The van der Waals surface area contributed by atoms with Crippen LogP contribution in [0.2, 0.25) is 0 Å². The summed E-state index contributed by atoms with van der Waals surface area (Å²) < 4.78 is 1.03. The van der Waals surface area contributed by atoms with Gasteiger partial charge < -0.3 is 15.7 Å². The van der Waals surface area contributed by atoms with Crippen LogP contribution >= 0.6 is 11.3 Å². The number of benzene rings is 1. The minimum atomic E-state index is -0.0461. The topological polar surface area (TPSA) is 66.6 Å². The van der Waals surface area contributed by atoms with E-state index in [4.69, 9.17) is 10.8 Å². The maximum Gasteiger partial charge on any atom is 0.266 e. The molecule has 0 atom stereocenters. The Morgan fingerprint density at radius 3 is 2.79 bits per heavy atom. The molecule has 1 amide bonds. The quantitative estimate of drug-likeness (QED) is 0.898. The summed E-state index contributed by atoms with van der Waals surface area (Å²) in [5.41, 5.74) is 6.66. The van der Waals surface area contributed by atoms with E-state index >= 15 is 0 Å².